The highest BCUT2D eigenvalue weighted by atomic mass is 16.4. The summed E-state index contributed by atoms with van der Waals surface area (Å²) in [6.45, 7) is 2.69. The van der Waals surface area contributed by atoms with E-state index in [0.29, 0.717) is 13.1 Å². The number of carbonyl (C=O) groups is 2. The molecule has 0 aliphatic heterocycles. The van der Waals surface area contributed by atoms with Gasteiger partial charge in [-0.15, -0.1) is 0 Å². The first-order valence-corrected chi connectivity index (χ1v) is 6.79. The molecule has 0 spiro atoms. The normalized spacial score (nSPS) is 11.0. The lowest BCUT2D eigenvalue weighted by molar-refractivity contribution is -0.137. The number of aliphatic carboxylic acids is 1. The van der Waals surface area contributed by atoms with Gasteiger partial charge in [-0.1, -0.05) is 12.1 Å². The van der Waals surface area contributed by atoms with Gasteiger partial charge in [-0.25, -0.2) is 4.79 Å². The summed E-state index contributed by atoms with van der Waals surface area (Å²) in [5, 5.41) is 17.7. The molecule has 6 nitrogen and oxygen atoms in total. The Hall–Kier alpha value is -1.92. The molecule has 1 aromatic rings. The quantitative estimate of drug-likeness (QED) is 0.713. The van der Waals surface area contributed by atoms with Crippen LogP contribution in [-0.2, 0) is 11.3 Å². The minimum atomic E-state index is -0.947. The molecule has 0 radical (unpaired) electrons. The molecular formula is C15H22N2O4. The standard InChI is InChI=1S/C15H22N2O4/c1-16(2)9-10-17(8-7-14(18)19)11-12-3-5-13(6-4-12)15(20)21/h3-6H,7-11H2,1-2H3,(H,18,19)(H,20,21). The Morgan fingerprint density at radius 2 is 1.62 bits per heavy atom. The topological polar surface area (TPSA) is 81.1 Å². The Morgan fingerprint density at radius 3 is 2.10 bits per heavy atom. The zero-order valence-electron chi connectivity index (χ0n) is 12.5. The van der Waals surface area contributed by atoms with Gasteiger partial charge >= 0.3 is 11.9 Å². The first kappa shape index (κ1) is 17.1. The van der Waals surface area contributed by atoms with E-state index < -0.39 is 11.9 Å². The van der Waals surface area contributed by atoms with Gasteiger partial charge < -0.3 is 15.1 Å². The van der Waals surface area contributed by atoms with E-state index in [4.69, 9.17) is 10.2 Å². The van der Waals surface area contributed by atoms with Crippen LogP contribution in [0, 0.1) is 0 Å². The van der Waals surface area contributed by atoms with Crippen LogP contribution in [-0.4, -0.2) is 65.7 Å². The van der Waals surface area contributed by atoms with E-state index in [0.717, 1.165) is 18.7 Å². The Kier molecular flexibility index (Phi) is 6.84. The average Bonchev–Trinajstić information content (AvgIpc) is 2.42. The third-order valence-electron chi connectivity index (χ3n) is 3.11. The second-order valence-electron chi connectivity index (χ2n) is 5.23. The molecule has 0 aliphatic carbocycles. The fourth-order valence-corrected chi connectivity index (χ4v) is 1.88. The molecule has 0 heterocycles. The van der Waals surface area contributed by atoms with E-state index in [2.05, 4.69) is 4.90 Å². The Bertz CT molecular complexity index is 471. The SMILES string of the molecule is CN(C)CCN(CCC(=O)O)Cc1ccc(C(=O)O)cc1. The fourth-order valence-electron chi connectivity index (χ4n) is 1.88. The lowest BCUT2D eigenvalue weighted by Gasteiger charge is -2.23. The summed E-state index contributed by atoms with van der Waals surface area (Å²) in [4.78, 5) is 25.6. The van der Waals surface area contributed by atoms with Crippen LogP contribution in [0.3, 0.4) is 0 Å². The first-order valence-electron chi connectivity index (χ1n) is 6.79. The van der Waals surface area contributed by atoms with Crippen molar-refractivity contribution in [3.8, 4) is 0 Å². The highest BCUT2D eigenvalue weighted by molar-refractivity contribution is 5.87. The van der Waals surface area contributed by atoms with Gasteiger partial charge in [0.15, 0.2) is 0 Å². The number of likely N-dealkylation sites (N-methyl/N-ethyl adjacent to an activating group) is 1. The van der Waals surface area contributed by atoms with Crippen molar-refractivity contribution < 1.29 is 19.8 Å². The monoisotopic (exact) mass is 294 g/mol. The molecule has 0 saturated carbocycles. The minimum Gasteiger partial charge on any atom is -0.481 e. The molecule has 0 saturated heterocycles. The van der Waals surface area contributed by atoms with Crippen LogP contribution in [0.1, 0.15) is 22.3 Å². The molecule has 0 bridgehead atoms. The number of aromatic carboxylic acids is 1. The molecule has 0 aliphatic rings. The van der Waals surface area contributed by atoms with Crippen molar-refractivity contribution in [2.45, 2.75) is 13.0 Å². The van der Waals surface area contributed by atoms with Crippen LogP contribution < -0.4 is 0 Å². The third kappa shape index (κ3) is 6.87. The summed E-state index contributed by atoms with van der Waals surface area (Å²) in [6, 6.07) is 6.68. The molecule has 0 aromatic heterocycles. The number of hydrogen-bond donors (Lipinski definition) is 2. The summed E-state index contributed by atoms with van der Waals surface area (Å²) >= 11 is 0. The molecule has 1 aromatic carbocycles. The minimum absolute atomic E-state index is 0.0979. The van der Waals surface area contributed by atoms with Gasteiger partial charge in [0.05, 0.1) is 12.0 Å². The molecular weight excluding hydrogens is 272 g/mol. The van der Waals surface area contributed by atoms with Crippen molar-refractivity contribution >= 4 is 11.9 Å². The number of hydrogen-bond acceptors (Lipinski definition) is 4. The van der Waals surface area contributed by atoms with Crippen LogP contribution in [0.5, 0.6) is 0 Å². The predicted molar refractivity (Wildman–Crippen MR) is 79.5 cm³/mol. The van der Waals surface area contributed by atoms with Crippen molar-refractivity contribution in [2.24, 2.45) is 0 Å². The summed E-state index contributed by atoms with van der Waals surface area (Å²) < 4.78 is 0. The van der Waals surface area contributed by atoms with E-state index in [-0.39, 0.29) is 12.0 Å². The Morgan fingerprint density at radius 1 is 1.00 bits per heavy atom. The molecule has 1 rings (SSSR count). The van der Waals surface area contributed by atoms with Gasteiger partial charge in [0.2, 0.25) is 0 Å². The maximum Gasteiger partial charge on any atom is 0.335 e. The zero-order chi connectivity index (χ0) is 15.8. The summed E-state index contributed by atoms with van der Waals surface area (Å²) in [7, 11) is 3.94. The van der Waals surface area contributed by atoms with Crippen molar-refractivity contribution in [1.82, 2.24) is 9.80 Å². The molecule has 0 unspecified atom stereocenters. The van der Waals surface area contributed by atoms with Gasteiger partial charge in [-0.2, -0.15) is 0 Å². The number of carboxylic acid groups (broad SMARTS) is 2. The Balaban J connectivity index is 2.64. The van der Waals surface area contributed by atoms with Crippen LogP contribution in [0.4, 0.5) is 0 Å². The molecule has 116 valence electrons. The zero-order valence-corrected chi connectivity index (χ0v) is 12.5. The third-order valence-corrected chi connectivity index (χ3v) is 3.11. The van der Waals surface area contributed by atoms with Gasteiger partial charge in [-0.3, -0.25) is 9.69 Å². The van der Waals surface area contributed by atoms with Crippen LogP contribution >= 0.6 is 0 Å². The molecule has 2 N–H and O–H groups in total. The van der Waals surface area contributed by atoms with Crippen molar-refractivity contribution in [3.63, 3.8) is 0 Å². The number of benzene rings is 1. The summed E-state index contributed by atoms with van der Waals surface area (Å²) in [6.07, 6.45) is 0.0979. The van der Waals surface area contributed by atoms with E-state index in [9.17, 15) is 9.59 Å². The maximum atomic E-state index is 10.8. The molecule has 0 fully saturated rings. The highest BCUT2D eigenvalue weighted by Crippen LogP contribution is 2.08. The Labute approximate surface area is 124 Å². The van der Waals surface area contributed by atoms with E-state index >= 15 is 0 Å². The van der Waals surface area contributed by atoms with E-state index in [1.54, 1.807) is 24.3 Å². The fraction of sp³-hybridized carbons (Fsp3) is 0.467. The van der Waals surface area contributed by atoms with Crippen LogP contribution in [0.2, 0.25) is 0 Å². The van der Waals surface area contributed by atoms with Crippen molar-refractivity contribution in [3.05, 3.63) is 35.4 Å². The average molecular weight is 294 g/mol. The van der Waals surface area contributed by atoms with Crippen LogP contribution in [0.25, 0.3) is 0 Å². The number of carboxylic acids is 2. The van der Waals surface area contributed by atoms with Gasteiger partial charge in [0.1, 0.15) is 0 Å². The first-order chi connectivity index (χ1) is 9.88. The summed E-state index contributed by atoms with van der Waals surface area (Å²) in [5.41, 5.74) is 1.23. The molecule has 6 heteroatoms. The number of nitrogens with zero attached hydrogens (tertiary/aromatic N) is 2. The smallest absolute Gasteiger partial charge is 0.335 e. The largest absolute Gasteiger partial charge is 0.481 e. The molecule has 21 heavy (non-hydrogen) atoms. The van der Waals surface area contributed by atoms with E-state index in [1.807, 2.05) is 19.0 Å². The van der Waals surface area contributed by atoms with Gasteiger partial charge in [0.25, 0.3) is 0 Å². The summed E-state index contributed by atoms with van der Waals surface area (Å²) in [5.74, 6) is -1.76. The second kappa shape index (κ2) is 8.39. The number of rotatable bonds is 9. The lowest BCUT2D eigenvalue weighted by atomic mass is 10.1. The van der Waals surface area contributed by atoms with Gasteiger partial charge in [-0.05, 0) is 31.8 Å². The lowest BCUT2D eigenvalue weighted by Crippen LogP contribution is -2.33. The van der Waals surface area contributed by atoms with Crippen molar-refractivity contribution in [1.29, 1.82) is 0 Å². The van der Waals surface area contributed by atoms with Crippen LogP contribution in [0.15, 0.2) is 24.3 Å². The molecule has 0 amide bonds. The molecule has 0 atom stereocenters. The maximum absolute atomic E-state index is 10.8. The second-order valence-corrected chi connectivity index (χ2v) is 5.23. The van der Waals surface area contributed by atoms with E-state index in [1.165, 1.54) is 0 Å². The van der Waals surface area contributed by atoms with Gasteiger partial charge in [0, 0.05) is 26.2 Å². The van der Waals surface area contributed by atoms with Crippen molar-refractivity contribution in [2.75, 3.05) is 33.7 Å². The highest BCUT2D eigenvalue weighted by Gasteiger charge is 2.10. The predicted octanol–water partition coefficient (Wildman–Crippen LogP) is 1.22.